The van der Waals surface area contributed by atoms with E-state index in [1.165, 1.54) is 24.8 Å². The second-order valence-corrected chi connectivity index (χ2v) is 6.90. The zero-order valence-corrected chi connectivity index (χ0v) is 12.5. The molecule has 2 nitrogen and oxygen atoms in total. The number of aliphatic hydroxyl groups excluding tert-OH is 1. The van der Waals surface area contributed by atoms with Crippen molar-refractivity contribution in [2.75, 3.05) is 11.9 Å². The molecule has 2 heteroatoms. The van der Waals surface area contributed by atoms with Gasteiger partial charge in [0.1, 0.15) is 0 Å². The highest BCUT2D eigenvalue weighted by atomic mass is 16.3. The minimum absolute atomic E-state index is 0.139. The van der Waals surface area contributed by atoms with Gasteiger partial charge in [0.2, 0.25) is 0 Å². The van der Waals surface area contributed by atoms with Crippen LogP contribution < -0.4 is 5.32 Å². The van der Waals surface area contributed by atoms with Gasteiger partial charge in [-0.1, -0.05) is 38.5 Å². The summed E-state index contributed by atoms with van der Waals surface area (Å²) < 4.78 is 0. The first-order valence-electron chi connectivity index (χ1n) is 7.41. The van der Waals surface area contributed by atoms with Crippen molar-refractivity contribution in [3.8, 4) is 0 Å². The second-order valence-electron chi connectivity index (χ2n) is 6.90. The van der Waals surface area contributed by atoms with Gasteiger partial charge in [0.05, 0.1) is 12.1 Å². The number of nitrogens with one attached hydrogen (secondary N) is 1. The zero-order valence-electron chi connectivity index (χ0n) is 12.5. The van der Waals surface area contributed by atoms with E-state index in [1.54, 1.807) is 0 Å². The van der Waals surface area contributed by atoms with E-state index in [0.717, 1.165) is 18.5 Å². The van der Waals surface area contributed by atoms with Gasteiger partial charge in [-0.15, -0.1) is 0 Å². The summed E-state index contributed by atoms with van der Waals surface area (Å²) in [6, 6.07) is 8.35. The minimum atomic E-state index is -0.139. The van der Waals surface area contributed by atoms with E-state index in [9.17, 15) is 5.11 Å². The highest BCUT2D eigenvalue weighted by molar-refractivity contribution is 5.52. The molecule has 0 saturated heterocycles. The number of hydrogen-bond donors (Lipinski definition) is 2. The molecule has 1 aromatic carbocycles. The summed E-state index contributed by atoms with van der Waals surface area (Å²) in [7, 11) is 0. The fourth-order valence-corrected chi connectivity index (χ4v) is 3.05. The third-order valence-electron chi connectivity index (χ3n) is 4.64. The maximum atomic E-state index is 9.93. The first-order chi connectivity index (χ1) is 8.96. The van der Waals surface area contributed by atoms with Crippen molar-refractivity contribution >= 4 is 5.69 Å². The van der Waals surface area contributed by atoms with Gasteiger partial charge in [-0.25, -0.2) is 0 Å². The van der Waals surface area contributed by atoms with Crippen molar-refractivity contribution in [3.63, 3.8) is 0 Å². The van der Waals surface area contributed by atoms with Crippen LogP contribution in [0, 0.1) is 12.3 Å². The fourth-order valence-electron chi connectivity index (χ4n) is 3.05. The fraction of sp³-hybridized carbons (Fsp3) is 0.647. The Hall–Kier alpha value is -1.02. The molecule has 0 radical (unpaired) electrons. The van der Waals surface area contributed by atoms with Crippen LogP contribution in [0.4, 0.5) is 5.69 Å². The Balaban J connectivity index is 2.17. The molecule has 1 aromatic rings. The number of aryl methyl sites for hydroxylation is 1. The Morgan fingerprint density at radius 1 is 1.11 bits per heavy atom. The average Bonchev–Trinajstić information content (AvgIpc) is 2.52. The Morgan fingerprint density at radius 2 is 1.84 bits per heavy atom. The van der Waals surface area contributed by atoms with Gasteiger partial charge in [-0.2, -0.15) is 0 Å². The van der Waals surface area contributed by atoms with Crippen LogP contribution in [0.2, 0.25) is 0 Å². The van der Waals surface area contributed by atoms with Crippen LogP contribution in [0.5, 0.6) is 0 Å². The molecule has 19 heavy (non-hydrogen) atoms. The normalized spacial score (nSPS) is 26.7. The zero-order chi connectivity index (χ0) is 13.9. The lowest BCUT2D eigenvalue weighted by atomic mass is 9.83. The average molecular weight is 261 g/mol. The predicted molar refractivity (Wildman–Crippen MR) is 81.5 cm³/mol. The van der Waals surface area contributed by atoms with Crippen molar-refractivity contribution < 1.29 is 5.11 Å². The Kier molecular flexibility index (Phi) is 4.19. The summed E-state index contributed by atoms with van der Waals surface area (Å²) >= 11 is 0. The van der Waals surface area contributed by atoms with E-state index in [4.69, 9.17) is 0 Å². The molecule has 2 rings (SSSR count). The number of hydrogen-bond acceptors (Lipinski definition) is 2. The van der Waals surface area contributed by atoms with E-state index in [-0.39, 0.29) is 12.1 Å². The molecule has 1 aliphatic carbocycles. The first kappa shape index (κ1) is 14.4. The van der Waals surface area contributed by atoms with E-state index < -0.39 is 0 Å². The largest absolute Gasteiger partial charge is 0.394 e. The number of anilines is 1. The van der Waals surface area contributed by atoms with Crippen molar-refractivity contribution in [2.45, 2.75) is 58.4 Å². The lowest BCUT2D eigenvalue weighted by molar-refractivity contribution is 0.191. The Bertz CT molecular complexity index is 427. The van der Waals surface area contributed by atoms with Crippen LogP contribution in [0.15, 0.2) is 24.3 Å². The monoisotopic (exact) mass is 261 g/mol. The summed E-state index contributed by atoms with van der Waals surface area (Å²) in [5, 5.41) is 13.6. The minimum Gasteiger partial charge on any atom is -0.394 e. The lowest BCUT2D eigenvalue weighted by Gasteiger charge is -2.34. The maximum Gasteiger partial charge on any atom is 0.0661 e. The molecule has 1 aliphatic rings. The molecular formula is C17H27NO. The smallest absolute Gasteiger partial charge is 0.0661 e. The van der Waals surface area contributed by atoms with Crippen molar-refractivity contribution in [1.29, 1.82) is 0 Å². The number of para-hydroxylation sites is 1. The molecule has 1 atom stereocenters. The second kappa shape index (κ2) is 5.54. The van der Waals surface area contributed by atoms with Gasteiger partial charge < -0.3 is 10.4 Å². The van der Waals surface area contributed by atoms with Crippen LogP contribution in [0.1, 0.15) is 51.5 Å². The van der Waals surface area contributed by atoms with Crippen molar-refractivity contribution in [2.24, 2.45) is 5.41 Å². The van der Waals surface area contributed by atoms with Gasteiger partial charge in [-0.3, -0.25) is 0 Å². The Morgan fingerprint density at radius 3 is 2.53 bits per heavy atom. The van der Waals surface area contributed by atoms with Crippen LogP contribution in [0.3, 0.4) is 0 Å². The van der Waals surface area contributed by atoms with Gasteiger partial charge in [0, 0.05) is 5.69 Å². The lowest BCUT2D eigenvalue weighted by Crippen LogP contribution is -2.42. The van der Waals surface area contributed by atoms with Crippen LogP contribution in [-0.4, -0.2) is 17.3 Å². The molecule has 1 fully saturated rings. The molecule has 0 aromatic heterocycles. The maximum absolute atomic E-state index is 9.93. The number of rotatable bonds is 3. The van der Waals surface area contributed by atoms with E-state index in [0.29, 0.717) is 5.41 Å². The topological polar surface area (TPSA) is 32.3 Å². The van der Waals surface area contributed by atoms with E-state index in [2.05, 4.69) is 50.4 Å². The van der Waals surface area contributed by atoms with Gasteiger partial charge in [0.25, 0.3) is 0 Å². The summed E-state index contributed by atoms with van der Waals surface area (Å²) in [4.78, 5) is 0. The highest BCUT2D eigenvalue weighted by Crippen LogP contribution is 2.39. The van der Waals surface area contributed by atoms with E-state index in [1.807, 2.05) is 0 Å². The molecule has 0 spiro atoms. The predicted octanol–water partition coefficient (Wildman–Crippen LogP) is 4.13. The van der Waals surface area contributed by atoms with Crippen LogP contribution >= 0.6 is 0 Å². The third kappa shape index (κ3) is 3.50. The summed E-state index contributed by atoms with van der Waals surface area (Å²) in [6.07, 6.45) is 5.72. The van der Waals surface area contributed by atoms with E-state index >= 15 is 0 Å². The van der Waals surface area contributed by atoms with Crippen LogP contribution in [0.25, 0.3) is 0 Å². The van der Waals surface area contributed by atoms with Gasteiger partial charge in [-0.05, 0) is 49.7 Å². The van der Waals surface area contributed by atoms with Crippen LogP contribution in [-0.2, 0) is 0 Å². The summed E-state index contributed by atoms with van der Waals surface area (Å²) in [6.45, 7) is 7.02. The third-order valence-corrected chi connectivity index (χ3v) is 4.64. The quantitative estimate of drug-likeness (QED) is 0.802. The molecule has 0 aliphatic heterocycles. The first-order valence-corrected chi connectivity index (χ1v) is 7.41. The van der Waals surface area contributed by atoms with Crippen molar-refractivity contribution in [1.82, 2.24) is 0 Å². The SMILES string of the molecule is Cc1ccccc1NC1(CO)CCCC(C)(C)CC1. The highest BCUT2D eigenvalue weighted by Gasteiger charge is 2.35. The van der Waals surface area contributed by atoms with Gasteiger partial charge in [0.15, 0.2) is 0 Å². The standard InChI is InChI=1S/C17H27NO/c1-14-7-4-5-8-15(14)18-17(13-19)10-6-9-16(2,3)11-12-17/h4-5,7-8,18-19H,6,9-13H2,1-3H3. The molecule has 1 saturated carbocycles. The van der Waals surface area contributed by atoms with Gasteiger partial charge >= 0.3 is 0 Å². The molecular weight excluding hydrogens is 234 g/mol. The number of benzene rings is 1. The van der Waals surface area contributed by atoms with Crippen molar-refractivity contribution in [3.05, 3.63) is 29.8 Å². The Labute approximate surface area is 117 Å². The molecule has 0 bridgehead atoms. The summed E-state index contributed by atoms with van der Waals surface area (Å²) in [5.74, 6) is 0. The summed E-state index contributed by atoms with van der Waals surface area (Å²) in [5.41, 5.74) is 2.68. The molecule has 1 unspecified atom stereocenters. The molecule has 0 amide bonds. The molecule has 2 N–H and O–H groups in total. The number of aliphatic hydroxyl groups is 1. The molecule has 0 heterocycles. The molecule has 106 valence electrons.